The molecule has 0 aliphatic carbocycles. The summed E-state index contributed by atoms with van der Waals surface area (Å²) in [7, 11) is -4.26. The number of carbonyl (C=O) groups excluding carboxylic acids is 1. The highest BCUT2D eigenvalue weighted by Gasteiger charge is 2.52. The van der Waals surface area contributed by atoms with Crippen LogP contribution in [0, 0.1) is 0 Å². The van der Waals surface area contributed by atoms with E-state index in [4.69, 9.17) is 28.0 Å². The fourth-order valence-corrected chi connectivity index (χ4v) is 4.69. The van der Waals surface area contributed by atoms with Crippen LogP contribution in [-0.2, 0) is 44.0 Å². The topological polar surface area (TPSA) is 89.5 Å². The highest BCUT2D eigenvalue weighted by Crippen LogP contribution is 2.54. The van der Waals surface area contributed by atoms with Gasteiger partial charge in [-0.1, -0.05) is 30.3 Å². The Hall–Kier alpha value is -1.35. The maximum absolute atomic E-state index is 14.5. The standard InChI is InChI=1S/C19H26FO8P/c1-3-26-29(22,27-4-2)18(20)19(21)28-15-12-25-16-14(11-24-17(15)16)23-10-13-8-6-5-7-9-13/h5-9,14-18H,3-4,10-12H2,1-2H3/t14-,15+,16+,17+,18?/m0/s1. The van der Waals surface area contributed by atoms with Crippen LogP contribution < -0.4 is 0 Å². The van der Waals surface area contributed by atoms with Crippen molar-refractivity contribution in [1.29, 1.82) is 0 Å². The number of fused-ring (bicyclic) bond motifs is 1. The molecule has 10 heteroatoms. The van der Waals surface area contributed by atoms with E-state index < -0.39 is 37.8 Å². The molecule has 162 valence electrons. The predicted molar refractivity (Wildman–Crippen MR) is 100 cm³/mol. The molecule has 2 aliphatic heterocycles. The van der Waals surface area contributed by atoms with Gasteiger partial charge in [-0.25, -0.2) is 9.18 Å². The second-order valence-corrected chi connectivity index (χ2v) is 8.67. The van der Waals surface area contributed by atoms with E-state index in [0.29, 0.717) is 6.61 Å². The van der Waals surface area contributed by atoms with Gasteiger partial charge in [0.25, 0.3) is 5.91 Å². The van der Waals surface area contributed by atoms with Crippen LogP contribution >= 0.6 is 7.60 Å². The number of carbonyl (C=O) groups is 1. The molecule has 0 radical (unpaired) electrons. The molecule has 2 aliphatic rings. The van der Waals surface area contributed by atoms with Crippen molar-refractivity contribution < 1.29 is 41.7 Å². The molecule has 2 fully saturated rings. The molecular formula is C19H26FO8P. The summed E-state index contributed by atoms with van der Waals surface area (Å²) in [6.07, 6.45) is -2.17. The van der Waals surface area contributed by atoms with Gasteiger partial charge < -0.3 is 28.0 Å². The van der Waals surface area contributed by atoms with Gasteiger partial charge in [0, 0.05) is 0 Å². The first-order chi connectivity index (χ1) is 14.0. The molecule has 5 atom stereocenters. The van der Waals surface area contributed by atoms with E-state index in [2.05, 4.69) is 0 Å². The maximum atomic E-state index is 14.5. The third kappa shape index (κ3) is 5.23. The van der Waals surface area contributed by atoms with Gasteiger partial charge in [-0.3, -0.25) is 4.57 Å². The molecule has 0 aromatic heterocycles. The second-order valence-electron chi connectivity index (χ2n) is 6.62. The zero-order chi connectivity index (χ0) is 20.9. The molecule has 1 unspecified atom stereocenters. The zero-order valence-electron chi connectivity index (χ0n) is 16.4. The van der Waals surface area contributed by atoms with Crippen molar-refractivity contribution in [1.82, 2.24) is 0 Å². The molecule has 0 spiro atoms. The third-order valence-electron chi connectivity index (χ3n) is 4.63. The van der Waals surface area contributed by atoms with Crippen molar-refractivity contribution in [3.63, 3.8) is 0 Å². The lowest BCUT2D eigenvalue weighted by atomic mass is 10.1. The Kier molecular flexibility index (Phi) is 7.79. The van der Waals surface area contributed by atoms with Crippen LogP contribution in [0.3, 0.4) is 0 Å². The van der Waals surface area contributed by atoms with Gasteiger partial charge >= 0.3 is 13.6 Å². The van der Waals surface area contributed by atoms with Crippen LogP contribution in [0.25, 0.3) is 0 Å². The van der Waals surface area contributed by atoms with E-state index in [-0.39, 0.29) is 32.5 Å². The minimum absolute atomic E-state index is 0.0343. The van der Waals surface area contributed by atoms with E-state index in [9.17, 15) is 13.8 Å². The molecule has 1 aromatic rings. The largest absolute Gasteiger partial charge is 0.454 e. The van der Waals surface area contributed by atoms with Crippen LogP contribution in [0.15, 0.2) is 30.3 Å². The minimum Gasteiger partial charge on any atom is -0.454 e. The number of hydrogen-bond acceptors (Lipinski definition) is 8. The smallest absolute Gasteiger partial charge is 0.376 e. The lowest BCUT2D eigenvalue weighted by Crippen LogP contribution is -2.36. The van der Waals surface area contributed by atoms with Gasteiger partial charge in [0.2, 0.25) is 0 Å². The summed E-state index contributed by atoms with van der Waals surface area (Å²) in [6.45, 7) is 3.63. The number of alkyl halides is 1. The van der Waals surface area contributed by atoms with Gasteiger partial charge in [0.1, 0.15) is 18.3 Å². The highest BCUT2D eigenvalue weighted by atomic mass is 31.2. The number of halogens is 1. The number of rotatable bonds is 10. The summed E-state index contributed by atoms with van der Waals surface area (Å²) < 4.78 is 59.1. The molecule has 2 heterocycles. The summed E-state index contributed by atoms with van der Waals surface area (Å²) in [5, 5.41) is 0. The molecule has 0 N–H and O–H groups in total. The van der Waals surface area contributed by atoms with Crippen molar-refractivity contribution in [3.8, 4) is 0 Å². The normalized spacial score (nSPS) is 27.6. The van der Waals surface area contributed by atoms with E-state index in [1.165, 1.54) is 13.8 Å². The maximum Gasteiger partial charge on any atom is 0.376 e. The minimum atomic E-state index is -4.26. The summed E-state index contributed by atoms with van der Waals surface area (Å²) in [5.41, 5.74) is 1.01. The Morgan fingerprint density at radius 3 is 2.31 bits per heavy atom. The zero-order valence-corrected chi connectivity index (χ0v) is 17.3. The van der Waals surface area contributed by atoms with Crippen LogP contribution in [-0.4, -0.2) is 62.7 Å². The lowest BCUT2D eigenvalue weighted by Gasteiger charge is -2.22. The lowest BCUT2D eigenvalue weighted by molar-refractivity contribution is -0.157. The Labute approximate surface area is 169 Å². The molecule has 0 bridgehead atoms. The van der Waals surface area contributed by atoms with Gasteiger partial charge in [-0.15, -0.1) is 0 Å². The monoisotopic (exact) mass is 432 g/mol. The number of benzene rings is 1. The van der Waals surface area contributed by atoms with Crippen molar-refractivity contribution >= 4 is 13.6 Å². The van der Waals surface area contributed by atoms with E-state index in [0.717, 1.165) is 5.56 Å². The Morgan fingerprint density at radius 2 is 1.69 bits per heavy atom. The van der Waals surface area contributed by atoms with E-state index in [1.807, 2.05) is 30.3 Å². The summed E-state index contributed by atoms with van der Waals surface area (Å²) in [4.78, 5) is 12.2. The SMILES string of the molecule is CCOP(=O)(OCC)C(F)C(=O)O[C@@H]1CO[C@H]2[C@@H]1OC[C@@H]2OCc1ccccc1. The van der Waals surface area contributed by atoms with Crippen molar-refractivity contribution in [2.24, 2.45) is 0 Å². The predicted octanol–water partition coefficient (Wildman–Crippen LogP) is 2.84. The first kappa shape index (κ1) is 22.3. The Balaban J connectivity index is 1.54. The molecule has 29 heavy (non-hydrogen) atoms. The highest BCUT2D eigenvalue weighted by molar-refractivity contribution is 7.55. The second kappa shape index (κ2) is 10.1. The van der Waals surface area contributed by atoms with Crippen molar-refractivity contribution in [2.75, 3.05) is 26.4 Å². The fraction of sp³-hybridized carbons (Fsp3) is 0.632. The van der Waals surface area contributed by atoms with Crippen LogP contribution in [0.2, 0.25) is 0 Å². The molecule has 1 aromatic carbocycles. The average Bonchev–Trinajstić information content (AvgIpc) is 3.30. The van der Waals surface area contributed by atoms with Crippen LogP contribution in [0.4, 0.5) is 4.39 Å². The number of ether oxygens (including phenoxy) is 4. The summed E-state index contributed by atoms with van der Waals surface area (Å²) in [5.74, 6) is -3.85. The van der Waals surface area contributed by atoms with Gasteiger partial charge in [-0.05, 0) is 19.4 Å². The van der Waals surface area contributed by atoms with Crippen LogP contribution in [0.1, 0.15) is 19.4 Å². The molecule has 8 nitrogen and oxygen atoms in total. The molecular weight excluding hydrogens is 406 g/mol. The first-order valence-electron chi connectivity index (χ1n) is 9.60. The number of hydrogen-bond donors (Lipinski definition) is 0. The Bertz CT molecular complexity index is 707. The van der Waals surface area contributed by atoms with E-state index >= 15 is 0 Å². The van der Waals surface area contributed by atoms with Gasteiger partial charge in [0.15, 0.2) is 6.10 Å². The third-order valence-corrected chi connectivity index (χ3v) is 6.63. The van der Waals surface area contributed by atoms with Crippen molar-refractivity contribution in [2.45, 2.75) is 50.8 Å². The fourth-order valence-electron chi connectivity index (χ4n) is 3.31. The van der Waals surface area contributed by atoms with Crippen molar-refractivity contribution in [3.05, 3.63) is 35.9 Å². The molecule has 0 saturated carbocycles. The van der Waals surface area contributed by atoms with Gasteiger partial charge in [0.05, 0.1) is 33.0 Å². The summed E-state index contributed by atoms with van der Waals surface area (Å²) in [6, 6.07) is 9.66. The van der Waals surface area contributed by atoms with E-state index in [1.54, 1.807) is 0 Å². The molecule has 2 saturated heterocycles. The number of esters is 1. The van der Waals surface area contributed by atoms with Crippen LogP contribution in [0.5, 0.6) is 0 Å². The molecule has 0 amide bonds. The first-order valence-corrected chi connectivity index (χ1v) is 11.2. The summed E-state index contributed by atoms with van der Waals surface area (Å²) >= 11 is 0. The Morgan fingerprint density at radius 1 is 1.10 bits per heavy atom. The molecule has 3 rings (SSSR count). The van der Waals surface area contributed by atoms with Gasteiger partial charge in [-0.2, -0.15) is 0 Å². The average molecular weight is 432 g/mol. The quantitative estimate of drug-likeness (QED) is 0.412.